The fourth-order valence-corrected chi connectivity index (χ4v) is 2.66. The van der Waals surface area contributed by atoms with Crippen LogP contribution in [0, 0.1) is 13.8 Å². The first-order chi connectivity index (χ1) is 11.5. The first-order valence-corrected chi connectivity index (χ1v) is 7.78. The van der Waals surface area contributed by atoms with Crippen molar-refractivity contribution in [2.75, 3.05) is 10.6 Å². The minimum atomic E-state index is -0.268. The maximum absolute atomic E-state index is 12.2. The number of amides is 2. The quantitative estimate of drug-likeness (QED) is 0.797. The number of hydrogen-bond donors (Lipinski definition) is 3. The molecule has 0 bridgehead atoms. The predicted octanol–water partition coefficient (Wildman–Crippen LogP) is 4.05. The van der Waals surface area contributed by atoms with E-state index >= 15 is 0 Å². The lowest BCUT2D eigenvalue weighted by atomic mass is 10.0. The molecule has 5 nitrogen and oxygen atoms in total. The van der Waals surface area contributed by atoms with Crippen molar-refractivity contribution in [3.8, 4) is 0 Å². The lowest BCUT2D eigenvalue weighted by Crippen LogP contribution is -2.20. The summed E-state index contributed by atoms with van der Waals surface area (Å²) in [5.41, 5.74) is 11.5. The number of carbonyl (C=O) groups excluding carboxylic acids is 1. The number of amidine groups is 1. The van der Waals surface area contributed by atoms with Crippen LogP contribution >= 0.6 is 0 Å². The molecule has 122 valence electrons. The van der Waals surface area contributed by atoms with Gasteiger partial charge in [-0.15, -0.1) is 0 Å². The second-order valence-corrected chi connectivity index (χ2v) is 5.93. The summed E-state index contributed by atoms with van der Waals surface area (Å²) in [6.07, 6.45) is 2.41. The average molecular weight is 320 g/mol. The summed E-state index contributed by atoms with van der Waals surface area (Å²) in [4.78, 5) is 16.3. The Labute approximate surface area is 141 Å². The molecule has 2 aromatic carbocycles. The molecule has 5 heteroatoms. The molecule has 1 heterocycles. The minimum absolute atomic E-state index is 0.268. The highest BCUT2D eigenvalue weighted by molar-refractivity contribution is 6.01. The monoisotopic (exact) mass is 320 g/mol. The Kier molecular flexibility index (Phi) is 4.33. The van der Waals surface area contributed by atoms with Gasteiger partial charge in [-0.3, -0.25) is 0 Å². The van der Waals surface area contributed by atoms with Crippen LogP contribution in [-0.2, 0) is 0 Å². The topological polar surface area (TPSA) is 79.5 Å². The Balaban J connectivity index is 1.68. The fraction of sp³-hybridized carbons (Fsp3) is 0.158. The van der Waals surface area contributed by atoms with Gasteiger partial charge in [0.15, 0.2) is 0 Å². The fourth-order valence-electron chi connectivity index (χ4n) is 2.66. The summed E-state index contributed by atoms with van der Waals surface area (Å²) < 4.78 is 0. The van der Waals surface area contributed by atoms with E-state index in [-0.39, 0.29) is 6.03 Å². The van der Waals surface area contributed by atoms with Gasteiger partial charge >= 0.3 is 6.03 Å². The molecule has 1 aliphatic rings. The smallest absolute Gasteiger partial charge is 0.323 e. The van der Waals surface area contributed by atoms with Crippen molar-refractivity contribution in [2.24, 2.45) is 10.7 Å². The Morgan fingerprint density at radius 2 is 1.96 bits per heavy atom. The minimum Gasteiger partial charge on any atom is -0.387 e. The van der Waals surface area contributed by atoms with Gasteiger partial charge in [0.1, 0.15) is 5.84 Å². The third-order valence-corrected chi connectivity index (χ3v) is 3.88. The summed E-state index contributed by atoms with van der Waals surface area (Å²) in [5.74, 6) is 0.607. The molecule has 0 fully saturated rings. The van der Waals surface area contributed by atoms with Gasteiger partial charge in [-0.1, -0.05) is 29.8 Å². The highest BCUT2D eigenvalue weighted by Gasteiger charge is 2.11. The maximum Gasteiger partial charge on any atom is 0.323 e. The number of aryl methyl sites for hydroxylation is 2. The van der Waals surface area contributed by atoms with E-state index in [1.54, 1.807) is 6.20 Å². The molecular weight excluding hydrogens is 300 g/mol. The number of carbonyl (C=O) groups is 1. The highest BCUT2D eigenvalue weighted by atomic mass is 16.2. The van der Waals surface area contributed by atoms with Gasteiger partial charge in [0.05, 0.1) is 0 Å². The van der Waals surface area contributed by atoms with E-state index in [4.69, 9.17) is 5.73 Å². The lowest BCUT2D eigenvalue weighted by molar-refractivity contribution is 0.262. The maximum atomic E-state index is 12.2. The first-order valence-electron chi connectivity index (χ1n) is 7.78. The molecule has 0 unspecified atom stereocenters. The van der Waals surface area contributed by atoms with Gasteiger partial charge < -0.3 is 16.4 Å². The van der Waals surface area contributed by atoms with Crippen LogP contribution in [0.5, 0.6) is 0 Å². The SMILES string of the molecule is Cc1ccc(NC(=O)Nc2cccc(C3=CN=C(N)C3)c2)c(C)c1. The zero-order valence-electron chi connectivity index (χ0n) is 13.8. The third-order valence-electron chi connectivity index (χ3n) is 3.88. The zero-order chi connectivity index (χ0) is 17.1. The third kappa shape index (κ3) is 3.63. The van der Waals surface area contributed by atoms with Crippen molar-refractivity contribution in [2.45, 2.75) is 20.3 Å². The van der Waals surface area contributed by atoms with E-state index < -0.39 is 0 Å². The van der Waals surface area contributed by atoms with E-state index in [1.165, 1.54) is 0 Å². The molecule has 4 N–H and O–H groups in total. The Morgan fingerprint density at radius 3 is 2.67 bits per heavy atom. The number of hydrogen-bond acceptors (Lipinski definition) is 3. The molecule has 0 atom stereocenters. The van der Waals surface area contributed by atoms with E-state index in [2.05, 4.69) is 15.6 Å². The molecule has 1 aliphatic heterocycles. The summed E-state index contributed by atoms with van der Waals surface area (Å²) in [7, 11) is 0. The normalized spacial score (nSPS) is 13.2. The van der Waals surface area contributed by atoms with Gasteiger partial charge in [-0.2, -0.15) is 0 Å². The van der Waals surface area contributed by atoms with E-state index in [1.807, 2.05) is 56.3 Å². The van der Waals surface area contributed by atoms with E-state index in [0.29, 0.717) is 12.3 Å². The molecule has 0 aliphatic carbocycles. The molecule has 0 saturated heterocycles. The van der Waals surface area contributed by atoms with Gasteiger partial charge in [0.25, 0.3) is 0 Å². The van der Waals surface area contributed by atoms with Crippen molar-refractivity contribution in [1.82, 2.24) is 0 Å². The number of urea groups is 1. The summed E-state index contributed by atoms with van der Waals surface area (Å²) in [6.45, 7) is 4.00. The molecule has 3 rings (SSSR count). The number of anilines is 2. The molecule has 2 aromatic rings. The number of aliphatic imine (C=N–C) groups is 1. The zero-order valence-corrected chi connectivity index (χ0v) is 13.8. The van der Waals surface area contributed by atoms with Crippen LogP contribution in [0.25, 0.3) is 5.57 Å². The molecular formula is C19H20N4O. The van der Waals surface area contributed by atoms with E-state index in [9.17, 15) is 4.79 Å². The number of benzene rings is 2. The molecule has 0 aromatic heterocycles. The summed E-state index contributed by atoms with van der Waals surface area (Å²) in [6, 6.07) is 13.3. The lowest BCUT2D eigenvalue weighted by Gasteiger charge is -2.11. The van der Waals surface area contributed by atoms with Gasteiger partial charge in [0, 0.05) is 24.0 Å². The van der Waals surface area contributed by atoms with Crippen molar-refractivity contribution in [3.05, 3.63) is 65.4 Å². The molecule has 24 heavy (non-hydrogen) atoms. The van der Waals surface area contributed by atoms with Crippen LogP contribution in [0.1, 0.15) is 23.1 Å². The predicted molar refractivity (Wildman–Crippen MR) is 99.2 cm³/mol. The van der Waals surface area contributed by atoms with Crippen LogP contribution in [0.2, 0.25) is 0 Å². The van der Waals surface area contributed by atoms with Crippen molar-refractivity contribution in [3.63, 3.8) is 0 Å². The molecule has 0 saturated carbocycles. The number of nitrogens with zero attached hydrogens (tertiary/aromatic N) is 1. The molecule has 0 radical (unpaired) electrons. The molecule has 2 amide bonds. The number of nitrogens with one attached hydrogen (secondary N) is 2. The number of nitrogens with two attached hydrogens (primary N) is 1. The van der Waals surface area contributed by atoms with Crippen LogP contribution in [-0.4, -0.2) is 11.9 Å². The Hall–Kier alpha value is -3.08. The Morgan fingerprint density at radius 1 is 1.12 bits per heavy atom. The summed E-state index contributed by atoms with van der Waals surface area (Å²) in [5, 5.41) is 5.74. The van der Waals surface area contributed by atoms with Crippen LogP contribution in [0.4, 0.5) is 16.2 Å². The van der Waals surface area contributed by atoms with Crippen LogP contribution in [0.15, 0.2) is 53.7 Å². The first kappa shape index (κ1) is 15.8. The number of rotatable bonds is 3. The van der Waals surface area contributed by atoms with Gasteiger partial charge in [-0.05, 0) is 48.7 Å². The standard InChI is InChI=1S/C19H20N4O/c1-12-6-7-17(13(2)8-12)23-19(24)22-16-5-3-4-14(9-16)15-10-18(20)21-11-15/h3-9,11H,10H2,1-2H3,(H2,20,21)(H2,22,23,24). The van der Waals surface area contributed by atoms with Gasteiger partial charge in [-0.25, -0.2) is 9.79 Å². The highest BCUT2D eigenvalue weighted by Crippen LogP contribution is 2.25. The van der Waals surface area contributed by atoms with Crippen LogP contribution in [0.3, 0.4) is 0 Å². The van der Waals surface area contributed by atoms with Crippen molar-refractivity contribution >= 4 is 28.8 Å². The van der Waals surface area contributed by atoms with Gasteiger partial charge in [0.2, 0.25) is 0 Å². The second-order valence-electron chi connectivity index (χ2n) is 5.93. The summed E-state index contributed by atoms with van der Waals surface area (Å²) >= 11 is 0. The van der Waals surface area contributed by atoms with Crippen molar-refractivity contribution in [1.29, 1.82) is 0 Å². The molecule has 0 spiro atoms. The largest absolute Gasteiger partial charge is 0.387 e. The van der Waals surface area contributed by atoms with Crippen LogP contribution < -0.4 is 16.4 Å². The Bertz CT molecular complexity index is 852. The van der Waals surface area contributed by atoms with Crippen molar-refractivity contribution < 1.29 is 4.79 Å². The average Bonchev–Trinajstić information content (AvgIpc) is 2.97. The van der Waals surface area contributed by atoms with E-state index in [0.717, 1.165) is 33.6 Å². The second kappa shape index (κ2) is 6.58.